The maximum atomic E-state index is 5.21. The maximum Gasteiger partial charge on any atom is 0.0663 e. The average molecular weight is 251 g/mol. The summed E-state index contributed by atoms with van der Waals surface area (Å²) < 4.78 is 5.21. The summed E-state index contributed by atoms with van der Waals surface area (Å²) in [6.45, 7) is 8.02. The number of likely N-dealkylation sites (N-methyl/N-ethyl adjacent to an activating group) is 1. The standard InChI is InChI=1S/C14H25N3O/c1-11(2)16-8-13-6-7-15-9-14(13)17(4)12(3)10-18-5/h6-7,9,11-12,16H,8,10H2,1-5H3. The first-order valence-electron chi connectivity index (χ1n) is 6.44. The summed E-state index contributed by atoms with van der Waals surface area (Å²) in [7, 11) is 3.81. The number of methoxy groups -OCH3 is 1. The molecule has 0 amide bonds. The highest BCUT2D eigenvalue weighted by atomic mass is 16.5. The molecule has 4 nitrogen and oxygen atoms in total. The van der Waals surface area contributed by atoms with Crippen LogP contribution in [0.15, 0.2) is 18.5 Å². The van der Waals surface area contributed by atoms with Crippen LogP contribution in [0.25, 0.3) is 0 Å². The van der Waals surface area contributed by atoms with E-state index in [1.165, 1.54) is 5.56 Å². The maximum absolute atomic E-state index is 5.21. The van der Waals surface area contributed by atoms with Crippen LogP contribution >= 0.6 is 0 Å². The molecule has 0 aliphatic heterocycles. The summed E-state index contributed by atoms with van der Waals surface area (Å²) in [5, 5.41) is 3.44. The van der Waals surface area contributed by atoms with Gasteiger partial charge in [0.2, 0.25) is 0 Å². The highest BCUT2D eigenvalue weighted by Gasteiger charge is 2.13. The zero-order valence-corrected chi connectivity index (χ0v) is 12.1. The fraction of sp³-hybridized carbons (Fsp3) is 0.643. The summed E-state index contributed by atoms with van der Waals surface area (Å²) in [5.74, 6) is 0. The van der Waals surface area contributed by atoms with E-state index in [0.717, 1.165) is 12.2 Å². The van der Waals surface area contributed by atoms with E-state index in [2.05, 4.69) is 49.1 Å². The largest absolute Gasteiger partial charge is 0.383 e. The molecule has 0 aliphatic rings. The minimum Gasteiger partial charge on any atom is -0.383 e. The zero-order chi connectivity index (χ0) is 13.5. The molecule has 1 rings (SSSR count). The van der Waals surface area contributed by atoms with E-state index in [1.54, 1.807) is 7.11 Å². The molecule has 0 saturated carbocycles. The smallest absolute Gasteiger partial charge is 0.0663 e. The lowest BCUT2D eigenvalue weighted by atomic mass is 10.1. The third kappa shape index (κ3) is 4.27. The lowest BCUT2D eigenvalue weighted by molar-refractivity contribution is 0.183. The Hall–Kier alpha value is -1.13. The van der Waals surface area contributed by atoms with E-state index in [9.17, 15) is 0 Å². The number of pyridine rings is 1. The van der Waals surface area contributed by atoms with Gasteiger partial charge >= 0.3 is 0 Å². The summed E-state index contributed by atoms with van der Waals surface area (Å²) in [6, 6.07) is 2.88. The van der Waals surface area contributed by atoms with Gasteiger partial charge in [-0.15, -0.1) is 0 Å². The van der Waals surface area contributed by atoms with Crippen LogP contribution in [0.3, 0.4) is 0 Å². The highest BCUT2D eigenvalue weighted by molar-refractivity contribution is 5.51. The predicted octanol–water partition coefficient (Wildman–Crippen LogP) is 2.05. The Kier molecular flexibility index (Phi) is 6.09. The molecule has 1 N–H and O–H groups in total. The van der Waals surface area contributed by atoms with E-state index in [1.807, 2.05) is 12.4 Å². The van der Waals surface area contributed by atoms with Gasteiger partial charge in [0, 0.05) is 39.0 Å². The van der Waals surface area contributed by atoms with Crippen LogP contribution in [0.5, 0.6) is 0 Å². The number of ether oxygens (including phenoxy) is 1. The second-order valence-electron chi connectivity index (χ2n) is 4.96. The van der Waals surface area contributed by atoms with Gasteiger partial charge < -0.3 is 15.0 Å². The van der Waals surface area contributed by atoms with Crippen LogP contribution < -0.4 is 10.2 Å². The van der Waals surface area contributed by atoms with Crippen molar-refractivity contribution in [3.8, 4) is 0 Å². The Morgan fingerprint density at radius 3 is 2.72 bits per heavy atom. The van der Waals surface area contributed by atoms with E-state index in [4.69, 9.17) is 4.74 Å². The van der Waals surface area contributed by atoms with Crippen molar-refractivity contribution in [2.24, 2.45) is 0 Å². The van der Waals surface area contributed by atoms with Crippen molar-refractivity contribution in [2.45, 2.75) is 39.4 Å². The summed E-state index contributed by atoms with van der Waals surface area (Å²) in [4.78, 5) is 6.44. The van der Waals surface area contributed by atoms with E-state index < -0.39 is 0 Å². The van der Waals surface area contributed by atoms with Crippen molar-refractivity contribution in [2.75, 3.05) is 25.7 Å². The first-order valence-corrected chi connectivity index (χ1v) is 6.44. The Bertz CT molecular complexity index is 355. The molecule has 102 valence electrons. The average Bonchev–Trinajstić information content (AvgIpc) is 2.36. The van der Waals surface area contributed by atoms with Gasteiger partial charge in [0.25, 0.3) is 0 Å². The fourth-order valence-corrected chi connectivity index (χ4v) is 1.79. The number of hydrogen-bond donors (Lipinski definition) is 1. The quantitative estimate of drug-likeness (QED) is 0.805. The topological polar surface area (TPSA) is 37.4 Å². The molecule has 1 unspecified atom stereocenters. The number of rotatable bonds is 7. The molecule has 1 aromatic heterocycles. The number of nitrogens with zero attached hydrogens (tertiary/aromatic N) is 2. The van der Waals surface area contributed by atoms with Crippen LogP contribution in [0.2, 0.25) is 0 Å². The molecule has 1 aromatic rings. The number of hydrogen-bond acceptors (Lipinski definition) is 4. The third-order valence-electron chi connectivity index (χ3n) is 3.04. The molecule has 1 atom stereocenters. The zero-order valence-electron chi connectivity index (χ0n) is 12.1. The van der Waals surface area contributed by atoms with Crippen LogP contribution in [0, 0.1) is 0 Å². The third-order valence-corrected chi connectivity index (χ3v) is 3.04. The predicted molar refractivity (Wildman–Crippen MR) is 76.0 cm³/mol. The van der Waals surface area contributed by atoms with Gasteiger partial charge in [-0.3, -0.25) is 4.98 Å². The lowest BCUT2D eigenvalue weighted by Crippen LogP contribution is -2.34. The number of nitrogens with one attached hydrogen (secondary N) is 1. The van der Waals surface area contributed by atoms with Gasteiger partial charge in [0.15, 0.2) is 0 Å². The SMILES string of the molecule is COCC(C)N(C)c1cnccc1CNC(C)C. The van der Waals surface area contributed by atoms with Gasteiger partial charge in [-0.1, -0.05) is 13.8 Å². The van der Waals surface area contributed by atoms with E-state index in [0.29, 0.717) is 18.7 Å². The summed E-state index contributed by atoms with van der Waals surface area (Å²) in [6.07, 6.45) is 3.76. The van der Waals surface area contributed by atoms with E-state index in [-0.39, 0.29) is 0 Å². The molecule has 4 heteroatoms. The van der Waals surface area contributed by atoms with Gasteiger partial charge in [0.1, 0.15) is 0 Å². The van der Waals surface area contributed by atoms with Crippen molar-refractivity contribution in [1.82, 2.24) is 10.3 Å². The second-order valence-corrected chi connectivity index (χ2v) is 4.96. The van der Waals surface area contributed by atoms with Crippen LogP contribution in [-0.2, 0) is 11.3 Å². The van der Waals surface area contributed by atoms with Crippen molar-refractivity contribution in [1.29, 1.82) is 0 Å². The summed E-state index contributed by atoms with van der Waals surface area (Å²) in [5.41, 5.74) is 2.43. The van der Waals surface area contributed by atoms with Gasteiger partial charge in [-0.05, 0) is 18.6 Å². The van der Waals surface area contributed by atoms with Gasteiger partial charge in [0.05, 0.1) is 18.5 Å². The Labute approximate surface area is 110 Å². The molecule has 1 heterocycles. The molecule has 0 spiro atoms. The molecule has 18 heavy (non-hydrogen) atoms. The molecule has 0 radical (unpaired) electrons. The minimum atomic E-state index is 0.331. The molecule has 0 aliphatic carbocycles. The molecule has 0 aromatic carbocycles. The van der Waals surface area contributed by atoms with E-state index >= 15 is 0 Å². The molecular formula is C14H25N3O. The Balaban J connectivity index is 2.80. The monoisotopic (exact) mass is 251 g/mol. The van der Waals surface area contributed by atoms with Crippen LogP contribution in [0.4, 0.5) is 5.69 Å². The number of anilines is 1. The first-order chi connectivity index (χ1) is 8.56. The second kappa shape index (κ2) is 7.34. The molecule has 0 bridgehead atoms. The van der Waals surface area contributed by atoms with Crippen molar-refractivity contribution >= 4 is 5.69 Å². The first kappa shape index (κ1) is 14.9. The molecular weight excluding hydrogens is 226 g/mol. The van der Waals surface area contributed by atoms with Crippen molar-refractivity contribution < 1.29 is 4.74 Å². The van der Waals surface area contributed by atoms with Crippen molar-refractivity contribution in [3.05, 3.63) is 24.0 Å². The van der Waals surface area contributed by atoms with Gasteiger partial charge in [-0.25, -0.2) is 0 Å². The fourth-order valence-electron chi connectivity index (χ4n) is 1.79. The summed E-state index contributed by atoms with van der Waals surface area (Å²) >= 11 is 0. The Morgan fingerprint density at radius 1 is 1.39 bits per heavy atom. The number of aromatic nitrogens is 1. The van der Waals surface area contributed by atoms with Gasteiger partial charge in [-0.2, -0.15) is 0 Å². The molecule has 0 saturated heterocycles. The normalized spacial score (nSPS) is 12.8. The highest BCUT2D eigenvalue weighted by Crippen LogP contribution is 2.20. The molecule has 0 fully saturated rings. The Morgan fingerprint density at radius 2 is 2.11 bits per heavy atom. The minimum absolute atomic E-state index is 0.331. The van der Waals surface area contributed by atoms with Crippen LogP contribution in [-0.4, -0.2) is 37.8 Å². The lowest BCUT2D eigenvalue weighted by Gasteiger charge is -2.28. The van der Waals surface area contributed by atoms with Crippen molar-refractivity contribution in [3.63, 3.8) is 0 Å². The van der Waals surface area contributed by atoms with Crippen LogP contribution in [0.1, 0.15) is 26.3 Å².